The third-order valence-electron chi connectivity index (χ3n) is 1.96. The van der Waals surface area contributed by atoms with E-state index >= 15 is 0 Å². The van der Waals surface area contributed by atoms with Gasteiger partial charge in [-0.15, -0.1) is 0 Å². The van der Waals surface area contributed by atoms with Crippen molar-refractivity contribution in [3.63, 3.8) is 0 Å². The minimum atomic E-state index is -0.405. The number of carbonyl (C=O) groups excluding carboxylic acids is 1. The van der Waals surface area contributed by atoms with Crippen molar-refractivity contribution in [3.8, 4) is 0 Å². The van der Waals surface area contributed by atoms with Crippen LogP contribution in [0, 0.1) is 5.82 Å². The van der Waals surface area contributed by atoms with E-state index in [1.165, 1.54) is 12.1 Å². The Bertz CT molecular complexity index is 381. The van der Waals surface area contributed by atoms with Gasteiger partial charge >= 0.3 is 5.97 Å². The SMILES string of the molecule is CCOC(=O)COCCNc1cc(F)cc(Cl)c1. The molecule has 0 radical (unpaired) electrons. The molecule has 18 heavy (non-hydrogen) atoms. The smallest absolute Gasteiger partial charge is 0.332 e. The molecule has 0 aliphatic carbocycles. The summed E-state index contributed by atoms with van der Waals surface area (Å²) in [7, 11) is 0. The molecule has 0 fully saturated rings. The molecule has 0 bridgehead atoms. The van der Waals surface area contributed by atoms with E-state index in [1.54, 1.807) is 13.0 Å². The topological polar surface area (TPSA) is 47.6 Å². The van der Waals surface area contributed by atoms with Crippen LogP contribution in [0.4, 0.5) is 10.1 Å². The molecule has 1 N–H and O–H groups in total. The lowest BCUT2D eigenvalue weighted by molar-refractivity contribution is -0.148. The largest absolute Gasteiger partial charge is 0.464 e. The normalized spacial score (nSPS) is 10.2. The van der Waals surface area contributed by atoms with Crippen LogP contribution in [0.25, 0.3) is 0 Å². The second-order valence-corrected chi connectivity index (χ2v) is 3.88. The molecule has 0 saturated carbocycles. The molecule has 0 atom stereocenters. The number of anilines is 1. The molecule has 0 saturated heterocycles. The Hall–Kier alpha value is -1.33. The van der Waals surface area contributed by atoms with Crippen LogP contribution in [0.15, 0.2) is 18.2 Å². The van der Waals surface area contributed by atoms with Gasteiger partial charge in [0.05, 0.1) is 13.2 Å². The first-order chi connectivity index (χ1) is 8.61. The Labute approximate surface area is 110 Å². The molecular formula is C12H15ClFNO3. The molecule has 1 aromatic rings. The number of rotatable bonds is 7. The summed E-state index contributed by atoms with van der Waals surface area (Å²) in [5.74, 6) is -0.802. The van der Waals surface area contributed by atoms with Gasteiger partial charge in [0.15, 0.2) is 0 Å². The summed E-state index contributed by atoms with van der Waals surface area (Å²) in [6.07, 6.45) is 0. The van der Waals surface area contributed by atoms with E-state index in [1.807, 2.05) is 0 Å². The van der Waals surface area contributed by atoms with Crippen LogP contribution in [-0.4, -0.2) is 32.3 Å². The highest BCUT2D eigenvalue weighted by molar-refractivity contribution is 6.30. The van der Waals surface area contributed by atoms with Crippen LogP contribution in [0.5, 0.6) is 0 Å². The second-order valence-electron chi connectivity index (χ2n) is 3.44. The summed E-state index contributed by atoms with van der Waals surface area (Å²) in [6, 6.07) is 4.16. The van der Waals surface area contributed by atoms with E-state index < -0.39 is 11.8 Å². The van der Waals surface area contributed by atoms with Crippen LogP contribution >= 0.6 is 11.6 Å². The molecule has 100 valence electrons. The fraction of sp³-hybridized carbons (Fsp3) is 0.417. The Kier molecular flexibility index (Phi) is 6.46. The number of benzene rings is 1. The third-order valence-corrected chi connectivity index (χ3v) is 2.18. The van der Waals surface area contributed by atoms with Gasteiger partial charge in [0.1, 0.15) is 12.4 Å². The van der Waals surface area contributed by atoms with Gasteiger partial charge in [0.25, 0.3) is 0 Å². The van der Waals surface area contributed by atoms with Gasteiger partial charge in [0.2, 0.25) is 0 Å². The number of nitrogens with one attached hydrogen (secondary N) is 1. The lowest BCUT2D eigenvalue weighted by Gasteiger charge is -2.07. The fourth-order valence-corrected chi connectivity index (χ4v) is 1.50. The van der Waals surface area contributed by atoms with Crippen molar-refractivity contribution in [2.45, 2.75) is 6.92 Å². The van der Waals surface area contributed by atoms with Crippen LogP contribution in [0.2, 0.25) is 5.02 Å². The molecule has 0 aromatic heterocycles. The molecule has 1 aromatic carbocycles. The minimum absolute atomic E-state index is 0.0839. The van der Waals surface area contributed by atoms with E-state index in [-0.39, 0.29) is 6.61 Å². The minimum Gasteiger partial charge on any atom is -0.464 e. The maximum atomic E-state index is 13.0. The van der Waals surface area contributed by atoms with E-state index in [9.17, 15) is 9.18 Å². The highest BCUT2D eigenvalue weighted by Crippen LogP contribution is 2.17. The lowest BCUT2D eigenvalue weighted by atomic mass is 10.3. The van der Waals surface area contributed by atoms with Crippen molar-refractivity contribution in [1.82, 2.24) is 0 Å². The summed E-state index contributed by atoms with van der Waals surface area (Å²) in [4.78, 5) is 10.9. The fourth-order valence-electron chi connectivity index (χ4n) is 1.28. The Morgan fingerprint density at radius 1 is 1.44 bits per heavy atom. The van der Waals surface area contributed by atoms with Crippen LogP contribution in [0.3, 0.4) is 0 Å². The molecule has 0 spiro atoms. The zero-order valence-corrected chi connectivity index (χ0v) is 10.8. The van der Waals surface area contributed by atoms with Crippen molar-refractivity contribution in [3.05, 3.63) is 29.0 Å². The van der Waals surface area contributed by atoms with Crippen molar-refractivity contribution in [2.24, 2.45) is 0 Å². The predicted molar refractivity (Wildman–Crippen MR) is 67.4 cm³/mol. The summed E-state index contributed by atoms with van der Waals surface area (Å²) in [5.41, 5.74) is 0.569. The highest BCUT2D eigenvalue weighted by Gasteiger charge is 2.01. The number of ether oxygens (including phenoxy) is 2. The van der Waals surface area contributed by atoms with Gasteiger partial charge in [0, 0.05) is 17.3 Å². The molecule has 0 unspecified atom stereocenters. The first kappa shape index (κ1) is 14.7. The predicted octanol–water partition coefficient (Wildman–Crippen LogP) is 2.47. The average Bonchev–Trinajstić information content (AvgIpc) is 2.27. The van der Waals surface area contributed by atoms with Crippen molar-refractivity contribution in [2.75, 3.05) is 31.7 Å². The summed E-state index contributed by atoms with van der Waals surface area (Å²) in [5, 5.41) is 3.25. The summed E-state index contributed by atoms with van der Waals surface area (Å²) in [6.45, 7) is 2.74. The maximum absolute atomic E-state index is 13.0. The molecule has 4 nitrogen and oxygen atoms in total. The van der Waals surface area contributed by atoms with Crippen LogP contribution < -0.4 is 5.32 Å². The first-order valence-corrected chi connectivity index (χ1v) is 5.93. The van der Waals surface area contributed by atoms with E-state index in [2.05, 4.69) is 10.1 Å². The lowest BCUT2D eigenvalue weighted by Crippen LogP contribution is -2.16. The van der Waals surface area contributed by atoms with E-state index in [0.717, 1.165) is 0 Å². The molecule has 6 heteroatoms. The van der Waals surface area contributed by atoms with Crippen LogP contribution in [-0.2, 0) is 14.3 Å². The van der Waals surface area contributed by atoms with Gasteiger partial charge in [-0.3, -0.25) is 0 Å². The summed E-state index contributed by atoms with van der Waals surface area (Å²) >= 11 is 5.69. The molecule has 1 rings (SSSR count). The van der Waals surface area contributed by atoms with E-state index in [4.69, 9.17) is 16.3 Å². The standard InChI is InChI=1S/C12H15ClFNO3/c1-2-18-12(16)8-17-4-3-15-11-6-9(13)5-10(14)7-11/h5-7,15H,2-4,8H2,1H3. The van der Waals surface area contributed by atoms with Crippen molar-refractivity contribution >= 4 is 23.3 Å². The van der Waals surface area contributed by atoms with E-state index in [0.29, 0.717) is 30.5 Å². The monoisotopic (exact) mass is 275 g/mol. The van der Waals surface area contributed by atoms with Crippen LogP contribution in [0.1, 0.15) is 6.92 Å². The molecule has 0 heterocycles. The number of hydrogen-bond donors (Lipinski definition) is 1. The van der Waals surface area contributed by atoms with Gasteiger partial charge in [-0.25, -0.2) is 9.18 Å². The van der Waals surface area contributed by atoms with Gasteiger partial charge in [-0.05, 0) is 25.1 Å². The molecular weight excluding hydrogens is 261 g/mol. The Morgan fingerprint density at radius 2 is 2.22 bits per heavy atom. The first-order valence-electron chi connectivity index (χ1n) is 5.55. The number of carbonyl (C=O) groups is 1. The zero-order chi connectivity index (χ0) is 13.4. The number of esters is 1. The molecule has 0 amide bonds. The number of halogens is 2. The van der Waals surface area contributed by atoms with Crippen molar-refractivity contribution < 1.29 is 18.7 Å². The quantitative estimate of drug-likeness (QED) is 0.613. The molecule has 0 aliphatic rings. The highest BCUT2D eigenvalue weighted by atomic mass is 35.5. The Balaban J connectivity index is 2.19. The Morgan fingerprint density at radius 3 is 2.89 bits per heavy atom. The second kappa shape index (κ2) is 7.89. The number of hydrogen-bond acceptors (Lipinski definition) is 4. The molecule has 0 aliphatic heterocycles. The van der Waals surface area contributed by atoms with Crippen molar-refractivity contribution in [1.29, 1.82) is 0 Å². The van der Waals surface area contributed by atoms with Gasteiger partial charge in [-0.1, -0.05) is 11.6 Å². The average molecular weight is 276 g/mol. The summed E-state index contributed by atoms with van der Waals surface area (Å²) < 4.78 is 22.7. The maximum Gasteiger partial charge on any atom is 0.332 e. The third kappa shape index (κ3) is 5.84. The van der Waals surface area contributed by atoms with Gasteiger partial charge in [-0.2, -0.15) is 0 Å². The zero-order valence-electron chi connectivity index (χ0n) is 10.0. The van der Waals surface area contributed by atoms with Gasteiger partial charge < -0.3 is 14.8 Å².